The minimum Gasteiger partial charge on any atom is -0.444 e. The Morgan fingerprint density at radius 1 is 1.06 bits per heavy atom. The zero-order valence-corrected chi connectivity index (χ0v) is 21.1. The van der Waals surface area contributed by atoms with E-state index in [9.17, 15) is 21.6 Å². The van der Waals surface area contributed by atoms with Gasteiger partial charge >= 0.3 is 6.09 Å². The molecule has 2 heterocycles. The molecule has 12 nitrogen and oxygen atoms in total. The van der Waals surface area contributed by atoms with Gasteiger partial charge in [0.2, 0.25) is 0 Å². The average molecular weight is 504 g/mol. The van der Waals surface area contributed by atoms with Crippen LogP contribution in [0, 0.1) is 0 Å². The smallest absolute Gasteiger partial charge is 0.408 e. The van der Waals surface area contributed by atoms with Crippen LogP contribution in [0.15, 0.2) is 0 Å². The molecule has 14 heteroatoms. The first-order valence-corrected chi connectivity index (χ1v) is 13.6. The first kappa shape index (κ1) is 27.2. The molecule has 2 saturated heterocycles. The van der Waals surface area contributed by atoms with E-state index >= 15 is 0 Å². The van der Waals surface area contributed by atoms with Crippen LogP contribution in [-0.4, -0.2) is 90.0 Å². The largest absolute Gasteiger partial charge is 0.444 e. The number of amides is 1. The zero-order chi connectivity index (χ0) is 24.7. The molecular weight excluding hydrogens is 470 g/mol. The monoisotopic (exact) mass is 503 g/mol. The van der Waals surface area contributed by atoms with Gasteiger partial charge in [0.05, 0.1) is 31.3 Å². The van der Waals surface area contributed by atoms with E-state index in [4.69, 9.17) is 27.3 Å². The van der Waals surface area contributed by atoms with Crippen molar-refractivity contribution in [2.75, 3.05) is 19.1 Å². The van der Waals surface area contributed by atoms with Gasteiger partial charge in [-0.1, -0.05) is 0 Å². The molecule has 188 valence electrons. The Kier molecular flexibility index (Phi) is 7.92. The lowest BCUT2D eigenvalue weighted by molar-refractivity contribution is -0.148. The molecule has 1 amide bonds. The number of nitrogens with one attached hydrogen (secondary N) is 1. The summed E-state index contributed by atoms with van der Waals surface area (Å²) in [6, 6.07) is -1.02. The topological polar surface area (TPSA) is 153 Å². The highest BCUT2D eigenvalue weighted by Gasteiger charge is 2.54. The molecule has 0 unspecified atom stereocenters. The van der Waals surface area contributed by atoms with Gasteiger partial charge in [-0.05, 0) is 41.5 Å². The fraction of sp³-hybridized carbons (Fsp3) is 0.944. The summed E-state index contributed by atoms with van der Waals surface area (Å²) in [6.07, 6.45) is -4.68. The molecule has 0 aliphatic carbocycles. The van der Waals surface area contributed by atoms with Crippen LogP contribution in [0.3, 0.4) is 0 Å². The van der Waals surface area contributed by atoms with Crippen LogP contribution in [0.2, 0.25) is 0 Å². The third kappa shape index (κ3) is 8.08. The van der Waals surface area contributed by atoms with E-state index in [2.05, 4.69) is 5.32 Å². The minimum absolute atomic E-state index is 0.0465. The lowest BCUT2D eigenvalue weighted by Gasteiger charge is -2.33. The summed E-state index contributed by atoms with van der Waals surface area (Å²) in [5.74, 6) is -0.974. The van der Waals surface area contributed by atoms with Crippen LogP contribution < -0.4 is 5.32 Å². The quantitative estimate of drug-likeness (QED) is 0.483. The number of hydrogen-bond acceptors (Lipinski definition) is 11. The van der Waals surface area contributed by atoms with Gasteiger partial charge in [0, 0.05) is 0 Å². The summed E-state index contributed by atoms with van der Waals surface area (Å²) >= 11 is 0. The van der Waals surface area contributed by atoms with Crippen LogP contribution in [0.4, 0.5) is 4.79 Å². The molecule has 6 atom stereocenters. The minimum atomic E-state index is -4.06. The lowest BCUT2D eigenvalue weighted by Crippen LogP contribution is -2.57. The van der Waals surface area contributed by atoms with Gasteiger partial charge in [-0.2, -0.15) is 16.8 Å². The van der Waals surface area contributed by atoms with Gasteiger partial charge in [-0.15, -0.1) is 0 Å². The lowest BCUT2D eigenvalue weighted by atomic mass is 9.98. The molecule has 0 radical (unpaired) electrons. The van der Waals surface area contributed by atoms with E-state index in [1.807, 2.05) is 0 Å². The third-order valence-electron chi connectivity index (χ3n) is 4.52. The zero-order valence-electron chi connectivity index (χ0n) is 19.5. The highest BCUT2D eigenvalue weighted by molar-refractivity contribution is 7.86. The van der Waals surface area contributed by atoms with Crippen LogP contribution >= 0.6 is 0 Å². The van der Waals surface area contributed by atoms with E-state index in [1.165, 1.54) is 6.92 Å². The van der Waals surface area contributed by atoms with Crippen molar-refractivity contribution in [2.45, 2.75) is 89.5 Å². The predicted octanol–water partition coefficient (Wildman–Crippen LogP) is 0.508. The molecule has 32 heavy (non-hydrogen) atoms. The van der Waals surface area contributed by atoms with Crippen molar-refractivity contribution < 1.29 is 48.9 Å². The van der Waals surface area contributed by atoms with Crippen molar-refractivity contribution >= 4 is 26.3 Å². The number of alkyl carbamates (subject to hydrolysis) is 1. The Bertz CT molecular complexity index is 894. The number of carbonyl (C=O) groups is 1. The molecule has 2 rings (SSSR count). The van der Waals surface area contributed by atoms with Crippen LogP contribution in [0.1, 0.15) is 41.5 Å². The molecule has 0 aromatic rings. The summed E-state index contributed by atoms with van der Waals surface area (Å²) in [6.45, 7) is 9.95. The SMILES string of the molecule is C[C@@H]1O[C@@H]([C@H](NC(=O)OC(C)(C)C)[C@H]2COC(C)(C)O2)[C@@H](OS(C)(=O)=O)[C@@H]1OS(C)(=O)=O. The maximum atomic E-state index is 12.6. The highest BCUT2D eigenvalue weighted by Crippen LogP contribution is 2.35. The van der Waals surface area contributed by atoms with Crippen molar-refractivity contribution in [2.24, 2.45) is 0 Å². The van der Waals surface area contributed by atoms with Gasteiger partial charge < -0.3 is 24.3 Å². The van der Waals surface area contributed by atoms with Crippen LogP contribution in [0.25, 0.3) is 0 Å². The maximum absolute atomic E-state index is 12.6. The van der Waals surface area contributed by atoms with Gasteiger partial charge in [0.25, 0.3) is 20.2 Å². The van der Waals surface area contributed by atoms with Gasteiger partial charge in [-0.3, -0.25) is 8.37 Å². The molecule has 1 N–H and O–H groups in total. The number of hydrogen-bond donors (Lipinski definition) is 1. The molecule has 0 bridgehead atoms. The van der Waals surface area contributed by atoms with Crippen molar-refractivity contribution in [3.05, 3.63) is 0 Å². The van der Waals surface area contributed by atoms with Gasteiger partial charge in [-0.25, -0.2) is 4.79 Å². The maximum Gasteiger partial charge on any atom is 0.408 e. The molecule has 2 fully saturated rings. The third-order valence-corrected chi connectivity index (χ3v) is 5.67. The second-order valence-electron chi connectivity index (χ2n) is 9.37. The summed E-state index contributed by atoms with van der Waals surface area (Å²) in [7, 11) is -8.05. The fourth-order valence-corrected chi connectivity index (χ4v) is 4.81. The second kappa shape index (κ2) is 9.31. The number of carbonyl (C=O) groups excluding carboxylic acids is 1. The van der Waals surface area contributed by atoms with Crippen molar-refractivity contribution in [3.63, 3.8) is 0 Å². The Hall–Kier alpha value is -1.03. The highest BCUT2D eigenvalue weighted by atomic mass is 32.2. The fourth-order valence-electron chi connectivity index (χ4n) is 3.51. The summed E-state index contributed by atoms with van der Waals surface area (Å²) < 4.78 is 80.4. The number of rotatable bonds is 7. The summed E-state index contributed by atoms with van der Waals surface area (Å²) in [4.78, 5) is 12.6. The van der Waals surface area contributed by atoms with E-state index in [-0.39, 0.29) is 6.61 Å². The van der Waals surface area contributed by atoms with Crippen molar-refractivity contribution in [1.82, 2.24) is 5.32 Å². The van der Waals surface area contributed by atoms with Crippen molar-refractivity contribution in [3.8, 4) is 0 Å². The molecule has 0 spiro atoms. The van der Waals surface area contributed by atoms with E-state index in [1.54, 1.807) is 34.6 Å². The average Bonchev–Trinajstić information content (AvgIpc) is 3.02. The molecule has 0 saturated carbocycles. The molecule has 0 aromatic carbocycles. The van der Waals surface area contributed by atoms with E-state index in [0.717, 1.165) is 12.5 Å². The normalized spacial score (nSPS) is 31.9. The van der Waals surface area contributed by atoms with Gasteiger partial charge in [0.15, 0.2) is 5.79 Å². The Morgan fingerprint density at radius 2 is 1.59 bits per heavy atom. The molecular formula is C18H33NO11S2. The molecule has 2 aliphatic rings. The van der Waals surface area contributed by atoms with Crippen molar-refractivity contribution in [1.29, 1.82) is 0 Å². The predicted molar refractivity (Wildman–Crippen MR) is 112 cm³/mol. The Morgan fingerprint density at radius 3 is 2.03 bits per heavy atom. The summed E-state index contributed by atoms with van der Waals surface area (Å²) in [5.41, 5.74) is -0.810. The Labute approximate surface area is 189 Å². The second-order valence-corrected chi connectivity index (χ2v) is 12.6. The molecule has 0 aromatic heterocycles. The van der Waals surface area contributed by atoms with Crippen LogP contribution in [0.5, 0.6) is 0 Å². The number of ether oxygens (including phenoxy) is 4. The standard InChI is InChI=1S/C18H33NO11S2/c1-10-13(29-31(7,21)22)15(30-32(8,23)24)14(26-10)12(11-9-25-18(5,6)27-11)19-16(20)28-17(2,3)4/h10-15H,9H2,1-8H3,(H,19,20)/t10-,11+,12+,13+,14-,15-/m0/s1. The molecule has 2 aliphatic heterocycles. The van der Waals surface area contributed by atoms with E-state index in [0.29, 0.717) is 0 Å². The van der Waals surface area contributed by atoms with Crippen LogP contribution in [-0.2, 0) is 47.5 Å². The summed E-state index contributed by atoms with van der Waals surface area (Å²) in [5, 5.41) is 2.64. The first-order chi connectivity index (χ1) is 14.3. The Balaban J connectivity index is 2.42. The first-order valence-electron chi connectivity index (χ1n) is 10.00. The van der Waals surface area contributed by atoms with E-state index < -0.39 is 74.3 Å². The van der Waals surface area contributed by atoms with Gasteiger partial charge in [0.1, 0.15) is 30.0 Å².